The quantitative estimate of drug-likeness (QED) is 0.813. The van der Waals surface area contributed by atoms with Gasteiger partial charge in [-0.15, -0.1) is 0 Å². The van der Waals surface area contributed by atoms with E-state index in [0.717, 1.165) is 0 Å². The van der Waals surface area contributed by atoms with E-state index in [0.29, 0.717) is 5.69 Å². The van der Waals surface area contributed by atoms with Crippen LogP contribution in [0.5, 0.6) is 0 Å². The molecular weight excluding hydrogens is 283 g/mol. The van der Waals surface area contributed by atoms with Gasteiger partial charge in [-0.3, -0.25) is 9.89 Å². The summed E-state index contributed by atoms with van der Waals surface area (Å²) in [5.74, 6) is -1.18. The summed E-state index contributed by atoms with van der Waals surface area (Å²) in [6.07, 6.45) is 0. The second kappa shape index (κ2) is 5.50. The van der Waals surface area contributed by atoms with E-state index in [1.165, 1.54) is 18.2 Å². The Hall–Kier alpha value is -2.08. The van der Waals surface area contributed by atoms with Gasteiger partial charge in [-0.1, -0.05) is 31.5 Å². The summed E-state index contributed by atoms with van der Waals surface area (Å²) in [6, 6.07) is 4.34. The number of carbonyl (C=O) groups excluding carboxylic acids is 1. The molecule has 0 spiro atoms. The van der Waals surface area contributed by atoms with Crippen molar-refractivity contribution in [3.05, 3.63) is 40.4 Å². The molecule has 106 valence electrons. The standard InChI is InChI=1S/C13H14ClFN4O/c1-6(2)11-10(16)12(19-18-11)13(20)17-8-5-3-4-7(14)9(8)15/h3-6H,16H2,1-2H3,(H,17,20)(H,18,19). The lowest BCUT2D eigenvalue weighted by Crippen LogP contribution is -2.15. The number of benzene rings is 1. The van der Waals surface area contributed by atoms with Crippen LogP contribution in [-0.2, 0) is 0 Å². The van der Waals surface area contributed by atoms with Crippen LogP contribution in [0.3, 0.4) is 0 Å². The largest absolute Gasteiger partial charge is 0.395 e. The molecule has 1 heterocycles. The Morgan fingerprint density at radius 1 is 1.50 bits per heavy atom. The summed E-state index contributed by atoms with van der Waals surface area (Å²) in [6.45, 7) is 3.84. The lowest BCUT2D eigenvalue weighted by molar-refractivity contribution is 0.102. The van der Waals surface area contributed by atoms with Gasteiger partial charge in [0.2, 0.25) is 0 Å². The molecule has 2 rings (SSSR count). The van der Waals surface area contributed by atoms with Crippen LogP contribution in [0.4, 0.5) is 15.8 Å². The maximum Gasteiger partial charge on any atom is 0.278 e. The number of hydrogen-bond donors (Lipinski definition) is 3. The van der Waals surface area contributed by atoms with E-state index < -0.39 is 11.7 Å². The van der Waals surface area contributed by atoms with Crippen LogP contribution in [0.15, 0.2) is 18.2 Å². The van der Waals surface area contributed by atoms with Crippen LogP contribution < -0.4 is 11.1 Å². The van der Waals surface area contributed by atoms with Crippen molar-refractivity contribution in [1.82, 2.24) is 10.2 Å². The highest BCUT2D eigenvalue weighted by Gasteiger charge is 2.20. The van der Waals surface area contributed by atoms with Crippen molar-refractivity contribution in [3.63, 3.8) is 0 Å². The first-order valence-corrected chi connectivity index (χ1v) is 6.38. The zero-order valence-electron chi connectivity index (χ0n) is 11.0. The molecule has 0 aliphatic carbocycles. The van der Waals surface area contributed by atoms with E-state index >= 15 is 0 Å². The number of hydrogen-bond acceptors (Lipinski definition) is 3. The highest BCUT2D eigenvalue weighted by molar-refractivity contribution is 6.31. The lowest BCUT2D eigenvalue weighted by Gasteiger charge is -2.06. The fourth-order valence-corrected chi connectivity index (χ4v) is 1.93. The average molecular weight is 297 g/mol. The zero-order chi connectivity index (χ0) is 14.9. The SMILES string of the molecule is CC(C)c1[nH]nc(C(=O)Nc2cccc(Cl)c2F)c1N. The van der Waals surface area contributed by atoms with E-state index in [9.17, 15) is 9.18 Å². The van der Waals surface area contributed by atoms with Crippen LogP contribution in [0.25, 0.3) is 0 Å². The normalized spacial score (nSPS) is 10.8. The number of amides is 1. The van der Waals surface area contributed by atoms with Crippen LogP contribution >= 0.6 is 11.6 Å². The molecule has 0 radical (unpaired) electrons. The number of H-pyrrole nitrogens is 1. The second-order valence-corrected chi connectivity index (χ2v) is 5.02. The molecule has 0 aliphatic rings. The molecule has 1 amide bonds. The molecule has 0 aliphatic heterocycles. The molecule has 0 saturated carbocycles. The number of halogens is 2. The van der Waals surface area contributed by atoms with Gasteiger partial charge >= 0.3 is 0 Å². The van der Waals surface area contributed by atoms with Crippen molar-refractivity contribution >= 4 is 28.9 Å². The Balaban J connectivity index is 2.27. The third-order valence-corrected chi connectivity index (χ3v) is 3.12. The summed E-state index contributed by atoms with van der Waals surface area (Å²) >= 11 is 5.65. The number of aromatic nitrogens is 2. The predicted molar refractivity (Wildman–Crippen MR) is 76.5 cm³/mol. The number of nitrogens with two attached hydrogens (primary N) is 1. The molecule has 0 saturated heterocycles. The molecule has 0 fully saturated rings. The average Bonchev–Trinajstić information content (AvgIpc) is 2.77. The summed E-state index contributed by atoms with van der Waals surface area (Å²) in [5.41, 5.74) is 6.80. The van der Waals surface area contributed by atoms with Gasteiger partial charge in [0, 0.05) is 0 Å². The summed E-state index contributed by atoms with van der Waals surface area (Å²) in [4.78, 5) is 12.1. The van der Waals surface area contributed by atoms with E-state index in [2.05, 4.69) is 15.5 Å². The third kappa shape index (κ3) is 2.60. The van der Waals surface area contributed by atoms with Crippen molar-refractivity contribution in [1.29, 1.82) is 0 Å². The van der Waals surface area contributed by atoms with Crippen molar-refractivity contribution in [2.45, 2.75) is 19.8 Å². The van der Waals surface area contributed by atoms with E-state index in [4.69, 9.17) is 17.3 Å². The molecule has 20 heavy (non-hydrogen) atoms. The topological polar surface area (TPSA) is 83.8 Å². The van der Waals surface area contributed by atoms with Crippen LogP contribution in [0.1, 0.15) is 35.9 Å². The predicted octanol–water partition coefficient (Wildman–Crippen LogP) is 3.16. The van der Waals surface area contributed by atoms with Crippen molar-refractivity contribution in [2.75, 3.05) is 11.1 Å². The summed E-state index contributed by atoms with van der Waals surface area (Å²) < 4.78 is 13.7. The minimum Gasteiger partial charge on any atom is -0.395 e. The highest BCUT2D eigenvalue weighted by Crippen LogP contribution is 2.25. The number of anilines is 2. The molecule has 5 nitrogen and oxygen atoms in total. The summed E-state index contributed by atoms with van der Waals surface area (Å²) in [7, 11) is 0. The van der Waals surface area contributed by atoms with Crippen molar-refractivity contribution in [2.24, 2.45) is 0 Å². The number of nitrogen functional groups attached to an aromatic ring is 1. The number of aromatic amines is 1. The van der Waals surface area contributed by atoms with Gasteiger partial charge in [-0.2, -0.15) is 5.10 Å². The number of carbonyl (C=O) groups is 1. The minimum atomic E-state index is -0.694. The number of nitrogens with zero attached hydrogens (tertiary/aromatic N) is 1. The molecular formula is C13H14ClFN4O. The molecule has 2 aromatic rings. The number of nitrogens with one attached hydrogen (secondary N) is 2. The monoisotopic (exact) mass is 296 g/mol. The Kier molecular flexibility index (Phi) is 3.94. The van der Waals surface area contributed by atoms with E-state index in [-0.39, 0.29) is 28.0 Å². The van der Waals surface area contributed by atoms with Crippen molar-refractivity contribution < 1.29 is 9.18 Å². The smallest absolute Gasteiger partial charge is 0.278 e. The molecule has 0 bridgehead atoms. The lowest BCUT2D eigenvalue weighted by atomic mass is 10.1. The molecule has 4 N–H and O–H groups in total. The Morgan fingerprint density at radius 3 is 2.80 bits per heavy atom. The molecule has 0 atom stereocenters. The molecule has 0 unspecified atom stereocenters. The van der Waals surface area contributed by atoms with Gasteiger partial charge in [0.15, 0.2) is 11.5 Å². The molecule has 1 aromatic heterocycles. The molecule has 7 heteroatoms. The van der Waals surface area contributed by atoms with Gasteiger partial charge in [0.05, 0.1) is 22.1 Å². The van der Waals surface area contributed by atoms with Crippen molar-refractivity contribution in [3.8, 4) is 0 Å². The van der Waals surface area contributed by atoms with E-state index in [1.54, 1.807) is 0 Å². The van der Waals surface area contributed by atoms with Gasteiger partial charge < -0.3 is 11.1 Å². The van der Waals surface area contributed by atoms with Gasteiger partial charge in [0.1, 0.15) is 0 Å². The van der Waals surface area contributed by atoms with Crippen LogP contribution in [-0.4, -0.2) is 16.1 Å². The van der Waals surface area contributed by atoms with Crippen LogP contribution in [0.2, 0.25) is 5.02 Å². The fourth-order valence-electron chi connectivity index (χ4n) is 1.76. The highest BCUT2D eigenvalue weighted by atomic mass is 35.5. The Morgan fingerprint density at radius 2 is 2.20 bits per heavy atom. The first-order valence-electron chi connectivity index (χ1n) is 6.01. The molecule has 1 aromatic carbocycles. The zero-order valence-corrected chi connectivity index (χ0v) is 11.8. The Labute approximate surface area is 120 Å². The first-order chi connectivity index (χ1) is 9.41. The minimum absolute atomic E-state index is 0.0176. The summed E-state index contributed by atoms with van der Waals surface area (Å²) in [5, 5.41) is 8.91. The Bertz CT molecular complexity index is 654. The second-order valence-electron chi connectivity index (χ2n) is 4.61. The van der Waals surface area contributed by atoms with Gasteiger partial charge in [-0.05, 0) is 18.1 Å². The third-order valence-electron chi connectivity index (χ3n) is 2.83. The van der Waals surface area contributed by atoms with Gasteiger partial charge in [-0.25, -0.2) is 4.39 Å². The maximum absolute atomic E-state index is 13.7. The number of rotatable bonds is 3. The van der Waals surface area contributed by atoms with E-state index in [1.807, 2.05) is 13.8 Å². The first kappa shape index (κ1) is 14.3. The fraction of sp³-hybridized carbons (Fsp3) is 0.231. The maximum atomic E-state index is 13.7. The van der Waals surface area contributed by atoms with Crippen LogP contribution in [0, 0.1) is 5.82 Å². The van der Waals surface area contributed by atoms with Gasteiger partial charge in [0.25, 0.3) is 5.91 Å².